The highest BCUT2D eigenvalue weighted by atomic mass is 28.3. The average Bonchev–Trinajstić information content (AvgIpc) is 3.27. The zero-order valence-corrected chi connectivity index (χ0v) is 18.9. The molecule has 1 aromatic heterocycles. The van der Waals surface area contributed by atoms with E-state index in [0.29, 0.717) is 0 Å². The molecule has 0 spiro atoms. The van der Waals surface area contributed by atoms with E-state index >= 15 is 0 Å². The van der Waals surface area contributed by atoms with E-state index in [2.05, 4.69) is 95.0 Å². The Morgan fingerprint density at radius 2 is 1.61 bits per heavy atom. The molecule has 0 atom stereocenters. The van der Waals surface area contributed by atoms with Crippen LogP contribution in [0.25, 0.3) is 22.8 Å². The number of hydrogen-bond donors (Lipinski definition) is 0. The molecule has 1 aliphatic carbocycles. The van der Waals surface area contributed by atoms with Crippen LogP contribution >= 0.6 is 0 Å². The first-order chi connectivity index (χ1) is 13.1. The van der Waals surface area contributed by atoms with Gasteiger partial charge in [0.2, 0.25) is 0 Å². The zero-order chi connectivity index (χ0) is 20.1. The molecule has 0 N–H and O–H groups in total. The summed E-state index contributed by atoms with van der Waals surface area (Å²) in [6.07, 6.45) is 5.16. The van der Waals surface area contributed by atoms with Crippen LogP contribution in [0.5, 0.6) is 0 Å². The third-order valence-electron chi connectivity index (χ3n) is 5.72. The normalized spacial score (nSPS) is 14.1. The highest BCUT2D eigenvalue weighted by Crippen LogP contribution is 2.38. The molecule has 2 aromatic carbocycles. The topological polar surface area (TPSA) is 13.1 Å². The third-order valence-corrected chi connectivity index (χ3v) is 7.73. The molecule has 0 bridgehead atoms. The van der Waals surface area contributed by atoms with Gasteiger partial charge in [-0.05, 0) is 56.1 Å². The average molecular weight is 387 g/mol. The fraction of sp³-hybridized carbons (Fsp3) is 0.308. The van der Waals surface area contributed by atoms with Gasteiger partial charge < -0.3 is 4.42 Å². The minimum atomic E-state index is -1.43. The molecule has 0 amide bonds. The van der Waals surface area contributed by atoms with Gasteiger partial charge in [-0.2, -0.15) is 0 Å². The number of rotatable bonds is 3. The van der Waals surface area contributed by atoms with Crippen molar-refractivity contribution in [2.75, 3.05) is 0 Å². The fourth-order valence-corrected chi connectivity index (χ4v) is 5.53. The lowest BCUT2D eigenvalue weighted by Gasteiger charge is -2.19. The van der Waals surface area contributed by atoms with Gasteiger partial charge in [0.1, 0.15) is 5.76 Å². The quantitative estimate of drug-likeness (QED) is 0.447. The maximum Gasteiger partial charge on any atom is 0.129 e. The number of allylic oxidation sites excluding steroid dienone is 1. The van der Waals surface area contributed by atoms with E-state index in [1.807, 2.05) is 6.26 Å². The number of benzene rings is 2. The van der Waals surface area contributed by atoms with Crippen LogP contribution in [0.15, 0.2) is 59.2 Å². The SMILES string of the molecule is CC(C)(C)c1ccc(-c2cccc3c2C=C(c2occc2[Si](C)(C)C)C3)cc1. The Balaban J connectivity index is 1.75. The van der Waals surface area contributed by atoms with Crippen LogP contribution in [0, 0.1) is 0 Å². The van der Waals surface area contributed by atoms with Gasteiger partial charge in [-0.3, -0.25) is 0 Å². The molecule has 3 aromatic rings. The molecular formula is C26H30OSi. The molecule has 4 rings (SSSR count). The van der Waals surface area contributed by atoms with Crippen LogP contribution in [0.1, 0.15) is 43.2 Å². The van der Waals surface area contributed by atoms with E-state index in [4.69, 9.17) is 4.42 Å². The maximum absolute atomic E-state index is 5.97. The summed E-state index contributed by atoms with van der Waals surface area (Å²) in [6, 6.07) is 17.9. The molecule has 0 unspecified atom stereocenters. The maximum atomic E-state index is 5.97. The Hall–Kier alpha value is -2.32. The summed E-state index contributed by atoms with van der Waals surface area (Å²) in [5, 5.41) is 1.42. The predicted molar refractivity (Wildman–Crippen MR) is 124 cm³/mol. The molecule has 0 radical (unpaired) electrons. The molecule has 2 heteroatoms. The summed E-state index contributed by atoms with van der Waals surface area (Å²) in [5.41, 5.74) is 8.20. The predicted octanol–water partition coefficient (Wildman–Crippen LogP) is 6.89. The Morgan fingerprint density at radius 3 is 2.25 bits per heavy atom. The van der Waals surface area contributed by atoms with Gasteiger partial charge >= 0.3 is 0 Å². The smallest absolute Gasteiger partial charge is 0.129 e. The monoisotopic (exact) mass is 386 g/mol. The second-order valence-electron chi connectivity index (χ2n) is 9.97. The van der Waals surface area contributed by atoms with Crippen molar-refractivity contribution in [3.8, 4) is 11.1 Å². The van der Waals surface area contributed by atoms with Crippen LogP contribution in [0.3, 0.4) is 0 Å². The molecule has 28 heavy (non-hydrogen) atoms. The van der Waals surface area contributed by atoms with Gasteiger partial charge in [-0.1, -0.05) is 82.9 Å². The van der Waals surface area contributed by atoms with Crippen molar-refractivity contribution in [3.05, 3.63) is 77.2 Å². The van der Waals surface area contributed by atoms with Crippen LogP contribution in [-0.4, -0.2) is 8.07 Å². The van der Waals surface area contributed by atoms with Gasteiger partial charge in [0.15, 0.2) is 0 Å². The van der Waals surface area contributed by atoms with E-state index in [-0.39, 0.29) is 5.41 Å². The summed E-state index contributed by atoms with van der Waals surface area (Å²) in [6.45, 7) is 13.9. The van der Waals surface area contributed by atoms with E-state index in [9.17, 15) is 0 Å². The summed E-state index contributed by atoms with van der Waals surface area (Å²) < 4.78 is 5.97. The summed E-state index contributed by atoms with van der Waals surface area (Å²) in [5.74, 6) is 1.10. The van der Waals surface area contributed by atoms with Crippen LogP contribution in [0.4, 0.5) is 0 Å². The number of fused-ring (bicyclic) bond motifs is 1. The zero-order valence-electron chi connectivity index (χ0n) is 17.9. The molecule has 0 saturated heterocycles. The van der Waals surface area contributed by atoms with Gasteiger partial charge in [0.25, 0.3) is 0 Å². The van der Waals surface area contributed by atoms with E-state index in [1.54, 1.807) is 0 Å². The Bertz CT molecular complexity index is 1040. The largest absolute Gasteiger partial charge is 0.465 e. The van der Waals surface area contributed by atoms with Crippen molar-refractivity contribution in [2.24, 2.45) is 0 Å². The lowest BCUT2D eigenvalue weighted by Crippen LogP contribution is -2.38. The lowest BCUT2D eigenvalue weighted by atomic mass is 9.86. The fourth-order valence-electron chi connectivity index (χ4n) is 4.06. The van der Waals surface area contributed by atoms with Crippen molar-refractivity contribution in [2.45, 2.75) is 52.2 Å². The summed E-state index contributed by atoms with van der Waals surface area (Å²) >= 11 is 0. The highest BCUT2D eigenvalue weighted by Gasteiger charge is 2.27. The van der Waals surface area contributed by atoms with Gasteiger partial charge in [-0.15, -0.1) is 0 Å². The van der Waals surface area contributed by atoms with Crippen molar-refractivity contribution in [1.29, 1.82) is 0 Å². The highest BCUT2D eigenvalue weighted by molar-refractivity contribution is 6.89. The van der Waals surface area contributed by atoms with Gasteiger partial charge in [0, 0.05) is 6.42 Å². The molecule has 144 valence electrons. The van der Waals surface area contributed by atoms with Crippen molar-refractivity contribution in [1.82, 2.24) is 0 Å². The van der Waals surface area contributed by atoms with E-state index in [1.165, 1.54) is 38.6 Å². The molecule has 0 saturated carbocycles. The Kier molecular flexibility index (Phi) is 4.50. The minimum Gasteiger partial charge on any atom is -0.465 e. The Labute approximate surface area is 170 Å². The minimum absolute atomic E-state index is 0.177. The summed E-state index contributed by atoms with van der Waals surface area (Å²) in [4.78, 5) is 0. The van der Waals surface area contributed by atoms with Crippen molar-refractivity contribution >= 4 is 24.9 Å². The number of hydrogen-bond acceptors (Lipinski definition) is 1. The van der Waals surface area contributed by atoms with Crippen molar-refractivity contribution in [3.63, 3.8) is 0 Å². The van der Waals surface area contributed by atoms with E-state index in [0.717, 1.165) is 12.2 Å². The Morgan fingerprint density at radius 1 is 0.893 bits per heavy atom. The van der Waals surface area contributed by atoms with Gasteiger partial charge in [0.05, 0.1) is 14.3 Å². The molecule has 1 nitrogen and oxygen atoms in total. The molecule has 0 aliphatic heterocycles. The lowest BCUT2D eigenvalue weighted by molar-refractivity contribution is 0.554. The second kappa shape index (κ2) is 6.63. The van der Waals surface area contributed by atoms with Crippen molar-refractivity contribution < 1.29 is 4.42 Å². The first-order valence-corrected chi connectivity index (χ1v) is 13.7. The van der Waals surface area contributed by atoms with Gasteiger partial charge in [-0.25, -0.2) is 0 Å². The molecule has 1 heterocycles. The third kappa shape index (κ3) is 3.42. The van der Waals surface area contributed by atoms with E-state index < -0.39 is 8.07 Å². The molecule has 1 aliphatic rings. The van der Waals surface area contributed by atoms with Crippen LogP contribution in [0.2, 0.25) is 19.6 Å². The first kappa shape index (κ1) is 19.0. The first-order valence-electron chi connectivity index (χ1n) is 10.2. The van der Waals surface area contributed by atoms with Crippen LogP contribution in [-0.2, 0) is 11.8 Å². The molecule has 0 fully saturated rings. The second-order valence-corrected chi connectivity index (χ2v) is 15.0. The summed E-state index contributed by atoms with van der Waals surface area (Å²) in [7, 11) is -1.43. The van der Waals surface area contributed by atoms with Crippen LogP contribution < -0.4 is 5.19 Å². The standard InChI is InChI=1S/C26H30OSi/c1-26(2,3)21-12-10-18(11-13-21)22-9-7-8-19-16-20(17-23(19)22)25-24(14-15-27-25)28(4,5)6/h7-15,17H,16H2,1-6H3. The number of furan rings is 1. The molecular weight excluding hydrogens is 356 g/mol.